The minimum atomic E-state index is -0.105. The number of aromatic nitrogens is 1. The predicted octanol–water partition coefficient (Wildman–Crippen LogP) is 2.74. The maximum atomic E-state index is 12.5. The number of nitrogens with zero attached hydrogens (tertiary/aromatic N) is 2. The molecule has 3 aromatic heterocycles. The number of nitrogens with two attached hydrogens (primary N) is 1. The summed E-state index contributed by atoms with van der Waals surface area (Å²) in [5, 5.41) is 0. The molecule has 0 bridgehead atoms. The fourth-order valence-corrected chi connectivity index (χ4v) is 3.08. The zero-order chi connectivity index (χ0) is 14.1. The lowest BCUT2D eigenvalue weighted by Gasteiger charge is -2.15. The van der Waals surface area contributed by atoms with Gasteiger partial charge in [-0.05, 0) is 18.2 Å². The van der Waals surface area contributed by atoms with Crippen molar-refractivity contribution in [1.82, 2.24) is 9.88 Å². The first kappa shape index (κ1) is 12.7. The molecule has 102 valence electrons. The van der Waals surface area contributed by atoms with E-state index in [9.17, 15) is 4.79 Å². The summed E-state index contributed by atoms with van der Waals surface area (Å²) < 4.78 is 5.92. The highest BCUT2D eigenvalue weighted by Gasteiger charge is 2.20. The van der Waals surface area contributed by atoms with Crippen LogP contribution in [-0.4, -0.2) is 22.8 Å². The lowest BCUT2D eigenvalue weighted by Crippen LogP contribution is -2.25. The average molecular weight is 287 g/mol. The molecule has 0 aliphatic rings. The van der Waals surface area contributed by atoms with Crippen molar-refractivity contribution >= 4 is 33.1 Å². The van der Waals surface area contributed by atoms with Crippen LogP contribution in [0, 0.1) is 0 Å². The molecule has 0 radical (unpaired) electrons. The largest absolute Gasteiger partial charge is 0.472 e. The fraction of sp³-hybridized carbons (Fsp3) is 0.143. The first-order chi connectivity index (χ1) is 9.66. The zero-order valence-corrected chi connectivity index (χ0v) is 11.7. The van der Waals surface area contributed by atoms with Gasteiger partial charge in [0.25, 0.3) is 5.91 Å². The molecule has 1 amide bonds. The molecule has 0 atom stereocenters. The van der Waals surface area contributed by atoms with Gasteiger partial charge in [0, 0.05) is 25.4 Å². The molecule has 0 aromatic carbocycles. The molecular formula is C14H13N3O2S. The number of rotatable bonds is 3. The highest BCUT2D eigenvalue weighted by atomic mass is 32.1. The van der Waals surface area contributed by atoms with E-state index in [-0.39, 0.29) is 5.91 Å². The number of amides is 1. The monoisotopic (exact) mass is 287 g/mol. The van der Waals surface area contributed by atoms with Crippen LogP contribution in [0.25, 0.3) is 10.2 Å². The van der Waals surface area contributed by atoms with E-state index in [4.69, 9.17) is 10.2 Å². The van der Waals surface area contributed by atoms with Crippen LogP contribution in [-0.2, 0) is 6.54 Å². The van der Waals surface area contributed by atoms with Crippen LogP contribution in [0.5, 0.6) is 0 Å². The second-order valence-electron chi connectivity index (χ2n) is 4.49. The van der Waals surface area contributed by atoms with Crippen molar-refractivity contribution in [2.75, 3.05) is 12.8 Å². The van der Waals surface area contributed by atoms with Crippen LogP contribution in [0.2, 0.25) is 0 Å². The van der Waals surface area contributed by atoms with Crippen molar-refractivity contribution in [2.45, 2.75) is 6.54 Å². The maximum absolute atomic E-state index is 12.5. The molecule has 0 aliphatic carbocycles. The summed E-state index contributed by atoms with van der Waals surface area (Å²) in [5.74, 6) is -0.105. The minimum absolute atomic E-state index is 0.105. The summed E-state index contributed by atoms with van der Waals surface area (Å²) >= 11 is 1.37. The lowest BCUT2D eigenvalue weighted by molar-refractivity contribution is 0.0790. The molecule has 0 unspecified atom stereocenters. The Hall–Kier alpha value is -2.34. The van der Waals surface area contributed by atoms with E-state index < -0.39 is 0 Å². The highest BCUT2D eigenvalue weighted by Crippen LogP contribution is 2.32. The molecule has 0 saturated carbocycles. The van der Waals surface area contributed by atoms with Crippen LogP contribution >= 0.6 is 11.3 Å². The number of carbonyl (C=O) groups is 1. The Kier molecular flexibility index (Phi) is 3.15. The van der Waals surface area contributed by atoms with E-state index in [1.165, 1.54) is 11.3 Å². The molecule has 3 rings (SSSR count). The van der Waals surface area contributed by atoms with E-state index in [1.807, 2.05) is 18.2 Å². The molecule has 2 N–H and O–H groups in total. The zero-order valence-electron chi connectivity index (χ0n) is 10.9. The van der Waals surface area contributed by atoms with Crippen molar-refractivity contribution in [3.8, 4) is 0 Å². The summed E-state index contributed by atoms with van der Waals surface area (Å²) in [6.45, 7) is 0.483. The first-order valence-corrected chi connectivity index (χ1v) is 6.88. The Labute approximate surface area is 119 Å². The van der Waals surface area contributed by atoms with Crippen LogP contribution in [0.15, 0.2) is 41.3 Å². The molecule has 3 aromatic rings. The molecule has 0 aliphatic heterocycles. The number of anilines is 1. The smallest absolute Gasteiger partial charge is 0.266 e. The second kappa shape index (κ2) is 4.97. The Morgan fingerprint density at radius 2 is 2.35 bits per heavy atom. The number of furan rings is 1. The third kappa shape index (κ3) is 2.14. The number of carbonyl (C=O) groups excluding carboxylic acids is 1. The summed E-state index contributed by atoms with van der Waals surface area (Å²) in [6.07, 6.45) is 4.89. The van der Waals surface area contributed by atoms with Crippen molar-refractivity contribution in [3.05, 3.63) is 47.4 Å². The van der Waals surface area contributed by atoms with E-state index in [0.717, 1.165) is 10.3 Å². The van der Waals surface area contributed by atoms with Gasteiger partial charge in [0.15, 0.2) is 0 Å². The van der Waals surface area contributed by atoms with Crippen molar-refractivity contribution in [2.24, 2.45) is 0 Å². The van der Waals surface area contributed by atoms with Gasteiger partial charge < -0.3 is 15.1 Å². The van der Waals surface area contributed by atoms with Gasteiger partial charge in [-0.25, -0.2) is 0 Å². The average Bonchev–Trinajstić information content (AvgIpc) is 3.07. The first-order valence-electron chi connectivity index (χ1n) is 6.06. The van der Waals surface area contributed by atoms with Gasteiger partial charge in [-0.2, -0.15) is 0 Å². The Morgan fingerprint density at radius 1 is 1.50 bits per heavy atom. The lowest BCUT2D eigenvalue weighted by atomic mass is 10.2. The molecular weight excluding hydrogens is 274 g/mol. The van der Waals surface area contributed by atoms with Crippen molar-refractivity contribution in [3.63, 3.8) is 0 Å². The number of fused-ring (bicyclic) bond motifs is 1. The van der Waals surface area contributed by atoms with Crippen LogP contribution in [0.1, 0.15) is 15.2 Å². The van der Waals surface area contributed by atoms with E-state index >= 15 is 0 Å². The van der Waals surface area contributed by atoms with Crippen LogP contribution in [0.3, 0.4) is 0 Å². The number of thiophene rings is 1. The second-order valence-corrected chi connectivity index (χ2v) is 5.54. The van der Waals surface area contributed by atoms with Crippen molar-refractivity contribution < 1.29 is 9.21 Å². The van der Waals surface area contributed by atoms with Gasteiger partial charge in [0.1, 0.15) is 10.4 Å². The molecule has 6 heteroatoms. The number of hydrogen-bond acceptors (Lipinski definition) is 5. The normalized spacial score (nSPS) is 10.8. The van der Waals surface area contributed by atoms with Gasteiger partial charge in [-0.15, -0.1) is 11.3 Å². The highest BCUT2D eigenvalue weighted by molar-refractivity contribution is 7.21. The molecule has 0 fully saturated rings. The van der Waals surface area contributed by atoms with E-state index in [1.54, 1.807) is 30.7 Å². The molecule has 0 spiro atoms. The Balaban J connectivity index is 1.90. The number of pyridine rings is 1. The molecule has 0 saturated heterocycles. The van der Waals surface area contributed by atoms with Gasteiger partial charge in [-0.3, -0.25) is 9.78 Å². The SMILES string of the molecule is CN(Cc1ccoc1)C(=O)c1sc2cccnc2c1N. The molecule has 5 nitrogen and oxygen atoms in total. The van der Waals surface area contributed by atoms with Gasteiger partial charge in [0.2, 0.25) is 0 Å². The van der Waals surface area contributed by atoms with E-state index in [2.05, 4.69) is 4.98 Å². The van der Waals surface area contributed by atoms with Crippen LogP contribution in [0.4, 0.5) is 5.69 Å². The maximum Gasteiger partial charge on any atom is 0.266 e. The summed E-state index contributed by atoms with van der Waals surface area (Å²) in [6, 6.07) is 5.58. The fourth-order valence-electron chi connectivity index (χ4n) is 2.01. The van der Waals surface area contributed by atoms with Crippen molar-refractivity contribution in [1.29, 1.82) is 0 Å². The van der Waals surface area contributed by atoms with Gasteiger partial charge >= 0.3 is 0 Å². The summed E-state index contributed by atoms with van der Waals surface area (Å²) in [7, 11) is 1.74. The number of hydrogen-bond donors (Lipinski definition) is 1. The third-order valence-electron chi connectivity index (χ3n) is 3.02. The van der Waals surface area contributed by atoms with Gasteiger partial charge in [0.05, 0.1) is 22.9 Å². The molecule has 20 heavy (non-hydrogen) atoms. The summed E-state index contributed by atoms with van der Waals surface area (Å²) in [4.78, 5) is 18.8. The minimum Gasteiger partial charge on any atom is -0.472 e. The third-order valence-corrected chi connectivity index (χ3v) is 4.17. The number of nitrogen functional groups attached to an aromatic ring is 1. The Morgan fingerprint density at radius 3 is 3.05 bits per heavy atom. The van der Waals surface area contributed by atoms with Gasteiger partial charge in [-0.1, -0.05) is 0 Å². The Bertz CT molecular complexity index is 749. The standard InChI is InChI=1S/C14H13N3O2S/c1-17(7-9-4-6-19-8-9)14(18)13-11(15)12-10(20-13)3-2-5-16-12/h2-6,8H,7,15H2,1H3. The summed E-state index contributed by atoms with van der Waals surface area (Å²) in [5.41, 5.74) is 8.12. The predicted molar refractivity (Wildman–Crippen MR) is 78.5 cm³/mol. The van der Waals surface area contributed by atoms with E-state index in [0.29, 0.717) is 22.6 Å². The van der Waals surface area contributed by atoms with Crippen LogP contribution < -0.4 is 5.73 Å². The topological polar surface area (TPSA) is 72.4 Å². The molecule has 3 heterocycles. The quantitative estimate of drug-likeness (QED) is 0.804.